The van der Waals surface area contributed by atoms with Crippen LogP contribution >= 0.6 is 11.8 Å². The number of hydrogen-bond donors (Lipinski definition) is 1. The average molecular weight is 426 g/mol. The van der Waals surface area contributed by atoms with Crippen LogP contribution in [0.5, 0.6) is 11.5 Å². The van der Waals surface area contributed by atoms with Gasteiger partial charge in [0.15, 0.2) is 16.6 Å². The van der Waals surface area contributed by atoms with Gasteiger partial charge in [-0.05, 0) is 23.3 Å². The van der Waals surface area contributed by atoms with Crippen LogP contribution in [0.1, 0.15) is 17.5 Å². The van der Waals surface area contributed by atoms with Gasteiger partial charge in [-0.15, -0.1) is 0 Å². The molecule has 4 rings (SSSR count). The third-order valence-corrected chi connectivity index (χ3v) is 6.05. The van der Waals surface area contributed by atoms with Crippen LogP contribution in [0.3, 0.4) is 0 Å². The van der Waals surface area contributed by atoms with Crippen molar-refractivity contribution in [1.29, 1.82) is 0 Å². The molecule has 0 radical (unpaired) electrons. The standard InChI is InChI=1S/C22H22N2O5S/c25-20(23-10-16-6-7-18-19(8-16)29-14-28-18)12-24(11-15-4-2-1-3-5-15)22(27)17-9-21(26)30-13-17/h1-8,17H,9-14H2,(H,23,25). The first-order chi connectivity index (χ1) is 14.6. The molecular weight excluding hydrogens is 404 g/mol. The lowest BCUT2D eigenvalue weighted by atomic mass is 10.1. The second-order valence-electron chi connectivity index (χ2n) is 7.23. The van der Waals surface area contributed by atoms with Crippen molar-refractivity contribution in [1.82, 2.24) is 10.2 Å². The van der Waals surface area contributed by atoms with E-state index in [0.717, 1.165) is 11.1 Å². The normalized spacial score (nSPS) is 17.1. The number of thioether (sulfide) groups is 1. The second kappa shape index (κ2) is 9.21. The lowest BCUT2D eigenvalue weighted by molar-refractivity contribution is -0.140. The number of fused-ring (bicyclic) bond motifs is 1. The van der Waals surface area contributed by atoms with Crippen LogP contribution in [0.4, 0.5) is 0 Å². The summed E-state index contributed by atoms with van der Waals surface area (Å²) in [7, 11) is 0. The van der Waals surface area contributed by atoms with E-state index in [1.807, 2.05) is 48.5 Å². The lowest BCUT2D eigenvalue weighted by Crippen LogP contribution is -2.42. The van der Waals surface area contributed by atoms with Gasteiger partial charge in [-0.2, -0.15) is 0 Å². The van der Waals surface area contributed by atoms with Crippen molar-refractivity contribution in [3.63, 3.8) is 0 Å². The fraction of sp³-hybridized carbons (Fsp3) is 0.318. The van der Waals surface area contributed by atoms with Gasteiger partial charge in [-0.25, -0.2) is 0 Å². The van der Waals surface area contributed by atoms with E-state index in [1.54, 1.807) is 0 Å². The highest BCUT2D eigenvalue weighted by molar-refractivity contribution is 8.14. The minimum atomic E-state index is -0.368. The third kappa shape index (κ3) is 4.94. The summed E-state index contributed by atoms with van der Waals surface area (Å²) < 4.78 is 10.6. The molecule has 0 saturated carbocycles. The molecular formula is C22H22N2O5S. The maximum atomic E-state index is 13.0. The smallest absolute Gasteiger partial charge is 0.239 e. The highest BCUT2D eigenvalue weighted by Gasteiger charge is 2.33. The Labute approximate surface area is 178 Å². The minimum Gasteiger partial charge on any atom is -0.454 e. The molecule has 1 fully saturated rings. The summed E-state index contributed by atoms with van der Waals surface area (Å²) in [5, 5.41) is 2.89. The van der Waals surface area contributed by atoms with E-state index in [0.29, 0.717) is 30.3 Å². The number of carbonyl (C=O) groups is 3. The second-order valence-corrected chi connectivity index (χ2v) is 8.31. The molecule has 2 aromatic carbocycles. The van der Waals surface area contributed by atoms with Crippen molar-refractivity contribution in [2.75, 3.05) is 19.1 Å². The summed E-state index contributed by atoms with van der Waals surface area (Å²) in [5.41, 5.74) is 1.82. The zero-order valence-electron chi connectivity index (χ0n) is 16.3. The molecule has 0 spiro atoms. The van der Waals surface area contributed by atoms with Crippen molar-refractivity contribution in [3.8, 4) is 11.5 Å². The van der Waals surface area contributed by atoms with Gasteiger partial charge in [-0.1, -0.05) is 48.2 Å². The van der Waals surface area contributed by atoms with Crippen molar-refractivity contribution >= 4 is 28.7 Å². The van der Waals surface area contributed by atoms with Gasteiger partial charge in [0, 0.05) is 25.3 Å². The van der Waals surface area contributed by atoms with Gasteiger partial charge in [0.05, 0.1) is 12.5 Å². The van der Waals surface area contributed by atoms with E-state index >= 15 is 0 Å². The quantitative estimate of drug-likeness (QED) is 0.732. The zero-order valence-corrected chi connectivity index (χ0v) is 17.2. The summed E-state index contributed by atoms with van der Waals surface area (Å²) in [5.74, 6) is 1.04. The number of nitrogens with one attached hydrogen (secondary N) is 1. The summed E-state index contributed by atoms with van der Waals surface area (Å²) in [6, 6.07) is 15.0. The molecule has 30 heavy (non-hydrogen) atoms. The Bertz CT molecular complexity index is 950. The molecule has 0 aliphatic carbocycles. The van der Waals surface area contributed by atoms with E-state index in [9.17, 15) is 14.4 Å². The molecule has 2 heterocycles. The molecule has 1 N–H and O–H groups in total. The van der Waals surface area contributed by atoms with Crippen molar-refractivity contribution in [3.05, 3.63) is 59.7 Å². The molecule has 2 aliphatic heterocycles. The Morgan fingerprint density at radius 2 is 1.87 bits per heavy atom. The number of amides is 2. The van der Waals surface area contributed by atoms with Crippen LogP contribution in [0, 0.1) is 5.92 Å². The van der Waals surface area contributed by atoms with Gasteiger partial charge < -0.3 is 19.7 Å². The fourth-order valence-electron chi connectivity index (χ4n) is 3.43. The van der Waals surface area contributed by atoms with Gasteiger partial charge in [0.2, 0.25) is 18.6 Å². The Morgan fingerprint density at radius 1 is 1.07 bits per heavy atom. The third-order valence-electron chi connectivity index (χ3n) is 5.00. The van der Waals surface area contributed by atoms with Crippen LogP contribution in [0.25, 0.3) is 0 Å². The molecule has 1 saturated heterocycles. The predicted molar refractivity (Wildman–Crippen MR) is 112 cm³/mol. The topological polar surface area (TPSA) is 84.9 Å². The molecule has 0 aromatic heterocycles. The summed E-state index contributed by atoms with van der Waals surface area (Å²) in [4.78, 5) is 38.7. The predicted octanol–water partition coefficient (Wildman–Crippen LogP) is 2.34. The summed E-state index contributed by atoms with van der Waals surface area (Å²) >= 11 is 1.18. The molecule has 1 atom stereocenters. The number of nitrogens with zero attached hydrogens (tertiary/aromatic N) is 1. The molecule has 1 unspecified atom stereocenters. The molecule has 2 aromatic rings. The Morgan fingerprint density at radius 3 is 2.63 bits per heavy atom. The largest absolute Gasteiger partial charge is 0.454 e. The first-order valence-electron chi connectivity index (χ1n) is 9.72. The van der Waals surface area contributed by atoms with E-state index < -0.39 is 0 Å². The molecule has 0 bridgehead atoms. The van der Waals surface area contributed by atoms with Crippen LogP contribution in [-0.2, 0) is 27.5 Å². The van der Waals surface area contributed by atoms with Gasteiger partial charge in [-0.3, -0.25) is 14.4 Å². The molecule has 2 amide bonds. The lowest BCUT2D eigenvalue weighted by Gasteiger charge is -2.25. The Balaban J connectivity index is 1.39. The van der Waals surface area contributed by atoms with E-state index in [2.05, 4.69) is 5.32 Å². The number of rotatable bonds is 7. The number of ether oxygens (including phenoxy) is 2. The van der Waals surface area contributed by atoms with E-state index in [-0.39, 0.29) is 42.6 Å². The van der Waals surface area contributed by atoms with E-state index in [1.165, 1.54) is 16.7 Å². The van der Waals surface area contributed by atoms with Crippen molar-refractivity contribution < 1.29 is 23.9 Å². The first kappa shape index (κ1) is 20.3. The maximum Gasteiger partial charge on any atom is 0.239 e. The molecule has 156 valence electrons. The van der Waals surface area contributed by atoms with E-state index in [4.69, 9.17) is 9.47 Å². The van der Waals surface area contributed by atoms with Gasteiger partial charge >= 0.3 is 0 Å². The number of hydrogen-bond acceptors (Lipinski definition) is 6. The molecule has 2 aliphatic rings. The number of benzene rings is 2. The van der Waals surface area contributed by atoms with Crippen molar-refractivity contribution in [2.45, 2.75) is 19.5 Å². The average Bonchev–Trinajstić information content (AvgIpc) is 3.40. The van der Waals surface area contributed by atoms with Crippen LogP contribution in [-0.4, -0.2) is 40.9 Å². The zero-order chi connectivity index (χ0) is 20.9. The first-order valence-corrected chi connectivity index (χ1v) is 10.7. The van der Waals surface area contributed by atoms with Gasteiger partial charge in [0.1, 0.15) is 0 Å². The van der Waals surface area contributed by atoms with Crippen LogP contribution < -0.4 is 14.8 Å². The SMILES string of the molecule is O=C(CN(Cc1ccccc1)C(=O)C1CSC(=O)C1)NCc1ccc2c(c1)OCO2. The van der Waals surface area contributed by atoms with Crippen LogP contribution in [0.15, 0.2) is 48.5 Å². The molecule has 7 nitrogen and oxygen atoms in total. The fourth-order valence-corrected chi connectivity index (χ4v) is 4.39. The molecule has 8 heteroatoms. The summed E-state index contributed by atoms with van der Waals surface area (Å²) in [6.45, 7) is 0.782. The van der Waals surface area contributed by atoms with Gasteiger partial charge in [0.25, 0.3) is 0 Å². The Hall–Kier alpha value is -3.00. The highest BCUT2D eigenvalue weighted by Crippen LogP contribution is 2.32. The monoisotopic (exact) mass is 426 g/mol. The highest BCUT2D eigenvalue weighted by atomic mass is 32.2. The van der Waals surface area contributed by atoms with Crippen molar-refractivity contribution in [2.24, 2.45) is 5.92 Å². The minimum absolute atomic E-state index is 0.0280. The Kier molecular flexibility index (Phi) is 6.23. The van der Waals surface area contributed by atoms with Crippen LogP contribution in [0.2, 0.25) is 0 Å². The number of carbonyl (C=O) groups excluding carboxylic acids is 3. The summed E-state index contributed by atoms with van der Waals surface area (Å²) in [6.07, 6.45) is 0.230. The maximum absolute atomic E-state index is 13.0.